The summed E-state index contributed by atoms with van der Waals surface area (Å²) >= 11 is 0. The van der Waals surface area contributed by atoms with Gasteiger partial charge in [0.15, 0.2) is 0 Å². The van der Waals surface area contributed by atoms with Crippen molar-refractivity contribution in [3.05, 3.63) is 53.7 Å². The van der Waals surface area contributed by atoms with Crippen LogP contribution < -0.4 is 10.5 Å². The highest BCUT2D eigenvalue weighted by atomic mass is 19.4. The highest BCUT2D eigenvalue weighted by Crippen LogP contribution is 2.38. The topological polar surface area (TPSA) is 68.5 Å². The maximum absolute atomic E-state index is 12.8. The molecule has 1 amide bonds. The van der Waals surface area contributed by atoms with Gasteiger partial charge in [-0.2, -0.15) is 13.2 Å². The first-order chi connectivity index (χ1) is 14.2. The monoisotopic (exact) mass is 421 g/mol. The molecule has 1 aliphatic rings. The molecule has 162 valence electrons. The summed E-state index contributed by atoms with van der Waals surface area (Å²) in [5, 5.41) is 0. The maximum atomic E-state index is 12.8. The predicted molar refractivity (Wildman–Crippen MR) is 107 cm³/mol. The SMILES string of the molecule is CN(CCc1ccc(Oc2ccc(C(N)=O)cn2)cc1)C1CCC(C(F)(F)F)CC1. The van der Waals surface area contributed by atoms with Crippen molar-refractivity contribution in [1.82, 2.24) is 9.88 Å². The first kappa shape index (κ1) is 22.1. The van der Waals surface area contributed by atoms with Gasteiger partial charge in [-0.3, -0.25) is 4.79 Å². The van der Waals surface area contributed by atoms with E-state index in [4.69, 9.17) is 10.5 Å². The van der Waals surface area contributed by atoms with Gasteiger partial charge in [0.25, 0.3) is 0 Å². The summed E-state index contributed by atoms with van der Waals surface area (Å²) in [6, 6.07) is 10.9. The van der Waals surface area contributed by atoms with Crippen LogP contribution in [0, 0.1) is 5.92 Å². The quantitative estimate of drug-likeness (QED) is 0.711. The van der Waals surface area contributed by atoms with E-state index in [1.807, 2.05) is 31.3 Å². The summed E-state index contributed by atoms with van der Waals surface area (Å²) in [4.78, 5) is 17.3. The third-order valence-electron chi connectivity index (χ3n) is 5.70. The van der Waals surface area contributed by atoms with Crippen molar-refractivity contribution >= 4 is 5.91 Å². The molecule has 1 saturated carbocycles. The van der Waals surface area contributed by atoms with Gasteiger partial charge >= 0.3 is 6.18 Å². The molecule has 5 nitrogen and oxygen atoms in total. The smallest absolute Gasteiger partial charge is 0.391 e. The Balaban J connectivity index is 1.46. The van der Waals surface area contributed by atoms with Crippen molar-refractivity contribution in [2.24, 2.45) is 11.7 Å². The largest absolute Gasteiger partial charge is 0.439 e. The highest BCUT2D eigenvalue weighted by molar-refractivity contribution is 5.92. The second-order valence-electron chi connectivity index (χ2n) is 7.77. The summed E-state index contributed by atoms with van der Waals surface area (Å²) in [5.41, 5.74) is 6.62. The number of alkyl halides is 3. The zero-order chi connectivity index (χ0) is 21.7. The Labute approximate surface area is 174 Å². The molecule has 0 atom stereocenters. The number of hydrogen-bond donors (Lipinski definition) is 1. The normalized spacial score (nSPS) is 19.6. The fourth-order valence-electron chi connectivity index (χ4n) is 3.76. The van der Waals surface area contributed by atoms with Crippen LogP contribution in [0.1, 0.15) is 41.6 Å². The number of halogens is 3. The van der Waals surface area contributed by atoms with Crippen molar-refractivity contribution < 1.29 is 22.7 Å². The molecular formula is C22H26F3N3O2. The van der Waals surface area contributed by atoms with Gasteiger partial charge in [-0.15, -0.1) is 0 Å². The number of pyridine rings is 1. The summed E-state index contributed by atoms with van der Waals surface area (Å²) in [7, 11) is 1.98. The molecule has 3 rings (SSSR count). The molecule has 1 heterocycles. The van der Waals surface area contributed by atoms with E-state index in [0.29, 0.717) is 30.0 Å². The van der Waals surface area contributed by atoms with E-state index in [1.165, 1.54) is 6.20 Å². The highest BCUT2D eigenvalue weighted by Gasteiger charge is 2.41. The average molecular weight is 421 g/mol. The number of carbonyl (C=O) groups excluding carboxylic acids is 1. The van der Waals surface area contributed by atoms with Gasteiger partial charge in [-0.1, -0.05) is 12.1 Å². The lowest BCUT2D eigenvalue weighted by Crippen LogP contribution is -2.39. The molecule has 0 saturated heterocycles. The number of rotatable bonds is 7. The standard InChI is InChI=1S/C22H26F3N3O2/c1-28(18-7-5-17(6-8-18)22(23,24)25)13-12-15-2-9-19(10-3-15)30-20-11-4-16(14-27-20)21(26)29/h2-4,9-11,14,17-18H,5-8,12-13H2,1H3,(H2,26,29). The number of amides is 1. The van der Waals surface area contributed by atoms with Crippen molar-refractivity contribution in [2.75, 3.05) is 13.6 Å². The molecule has 1 aliphatic carbocycles. The van der Waals surface area contributed by atoms with Crippen LogP contribution in [0.25, 0.3) is 0 Å². The third kappa shape index (κ3) is 5.95. The second-order valence-corrected chi connectivity index (χ2v) is 7.77. The average Bonchev–Trinajstić information content (AvgIpc) is 2.73. The Morgan fingerprint density at radius 3 is 2.33 bits per heavy atom. The molecule has 0 unspecified atom stereocenters. The predicted octanol–water partition coefficient (Wildman–Crippen LogP) is 4.57. The van der Waals surface area contributed by atoms with Crippen LogP contribution in [0.3, 0.4) is 0 Å². The molecule has 1 aromatic heterocycles. The molecule has 2 aromatic rings. The van der Waals surface area contributed by atoms with E-state index >= 15 is 0 Å². The van der Waals surface area contributed by atoms with Crippen molar-refractivity contribution in [3.63, 3.8) is 0 Å². The number of primary amides is 1. The van der Waals surface area contributed by atoms with Gasteiger partial charge in [0.2, 0.25) is 11.8 Å². The van der Waals surface area contributed by atoms with Crippen LogP contribution >= 0.6 is 0 Å². The number of ether oxygens (including phenoxy) is 1. The molecule has 1 fully saturated rings. The first-order valence-electron chi connectivity index (χ1n) is 10.0. The van der Waals surface area contributed by atoms with E-state index in [9.17, 15) is 18.0 Å². The lowest BCUT2D eigenvalue weighted by Gasteiger charge is -2.35. The van der Waals surface area contributed by atoms with Gasteiger partial charge < -0.3 is 15.4 Å². The maximum Gasteiger partial charge on any atom is 0.391 e. The molecule has 0 spiro atoms. The molecule has 0 radical (unpaired) electrons. The fraction of sp³-hybridized carbons (Fsp3) is 0.455. The van der Waals surface area contributed by atoms with E-state index < -0.39 is 18.0 Å². The van der Waals surface area contributed by atoms with Gasteiger partial charge in [0, 0.05) is 24.8 Å². The van der Waals surface area contributed by atoms with Crippen LogP contribution in [0.5, 0.6) is 11.6 Å². The molecule has 1 aromatic carbocycles. The van der Waals surface area contributed by atoms with Crippen LogP contribution in [0.15, 0.2) is 42.6 Å². The number of nitrogens with zero attached hydrogens (tertiary/aromatic N) is 2. The number of benzene rings is 1. The van der Waals surface area contributed by atoms with Gasteiger partial charge in [0.05, 0.1) is 11.5 Å². The summed E-state index contributed by atoms with van der Waals surface area (Å²) in [6.45, 7) is 0.789. The lowest BCUT2D eigenvalue weighted by molar-refractivity contribution is -0.184. The van der Waals surface area contributed by atoms with Gasteiger partial charge in [-0.05, 0) is 62.9 Å². The van der Waals surface area contributed by atoms with E-state index in [1.54, 1.807) is 12.1 Å². The van der Waals surface area contributed by atoms with Crippen LogP contribution in [0.2, 0.25) is 0 Å². The van der Waals surface area contributed by atoms with Crippen molar-refractivity contribution in [2.45, 2.75) is 44.3 Å². The van der Waals surface area contributed by atoms with Gasteiger partial charge in [-0.25, -0.2) is 4.98 Å². The van der Waals surface area contributed by atoms with Crippen LogP contribution in [-0.4, -0.2) is 41.6 Å². The van der Waals surface area contributed by atoms with Crippen LogP contribution in [0.4, 0.5) is 13.2 Å². The minimum atomic E-state index is -4.06. The van der Waals surface area contributed by atoms with E-state index in [2.05, 4.69) is 9.88 Å². The Bertz CT molecular complexity index is 830. The minimum absolute atomic E-state index is 0.209. The summed E-state index contributed by atoms with van der Waals surface area (Å²) in [5.74, 6) is -0.702. The van der Waals surface area contributed by atoms with Crippen molar-refractivity contribution in [1.29, 1.82) is 0 Å². The molecular weight excluding hydrogens is 395 g/mol. The number of carbonyl (C=O) groups is 1. The second kappa shape index (κ2) is 9.47. The molecule has 0 bridgehead atoms. The van der Waals surface area contributed by atoms with Crippen LogP contribution in [-0.2, 0) is 6.42 Å². The number of hydrogen-bond acceptors (Lipinski definition) is 4. The van der Waals surface area contributed by atoms with Crippen molar-refractivity contribution in [3.8, 4) is 11.6 Å². The fourth-order valence-corrected chi connectivity index (χ4v) is 3.76. The molecule has 30 heavy (non-hydrogen) atoms. The Hall–Kier alpha value is -2.61. The van der Waals surface area contributed by atoms with E-state index in [-0.39, 0.29) is 18.9 Å². The Kier molecular flexibility index (Phi) is 6.97. The molecule has 8 heteroatoms. The summed E-state index contributed by atoms with van der Waals surface area (Å²) in [6.07, 6.45) is -0.264. The first-order valence-corrected chi connectivity index (χ1v) is 10.0. The third-order valence-corrected chi connectivity index (χ3v) is 5.70. The number of likely N-dealkylation sites (N-methyl/N-ethyl adjacent to an activating group) is 1. The zero-order valence-electron chi connectivity index (χ0n) is 16.9. The zero-order valence-corrected chi connectivity index (χ0v) is 16.9. The summed E-state index contributed by atoms with van der Waals surface area (Å²) < 4.78 is 44.1. The Morgan fingerprint density at radius 1 is 1.13 bits per heavy atom. The molecule has 2 N–H and O–H groups in total. The Morgan fingerprint density at radius 2 is 1.80 bits per heavy atom. The number of nitrogens with two attached hydrogens (primary N) is 1. The van der Waals surface area contributed by atoms with Gasteiger partial charge in [0.1, 0.15) is 5.75 Å². The lowest BCUT2D eigenvalue weighted by atomic mass is 9.85. The molecule has 0 aliphatic heterocycles. The minimum Gasteiger partial charge on any atom is -0.439 e. The van der Waals surface area contributed by atoms with E-state index in [0.717, 1.165) is 18.5 Å². The number of aromatic nitrogens is 1.